The van der Waals surface area contributed by atoms with E-state index < -0.39 is 0 Å². The lowest BCUT2D eigenvalue weighted by Gasteiger charge is -2.20. The summed E-state index contributed by atoms with van der Waals surface area (Å²) in [6.07, 6.45) is 1.84. The van der Waals surface area contributed by atoms with Crippen molar-refractivity contribution >= 4 is 27.7 Å². The Morgan fingerprint density at radius 3 is 2.74 bits per heavy atom. The summed E-state index contributed by atoms with van der Waals surface area (Å²) >= 11 is 5.33. The first-order valence-corrected chi connectivity index (χ1v) is 8.66. The Morgan fingerprint density at radius 1 is 1.37 bits per heavy atom. The van der Waals surface area contributed by atoms with Crippen LogP contribution in [0.1, 0.15) is 32.8 Å². The molecule has 1 atom stereocenters. The fraction of sp³-hybridized carbons (Fsp3) is 0.600. The minimum absolute atomic E-state index is 0.110. The predicted molar refractivity (Wildman–Crippen MR) is 87.5 cm³/mol. The van der Waals surface area contributed by atoms with E-state index in [9.17, 15) is 4.39 Å². The highest BCUT2D eigenvalue weighted by Crippen LogP contribution is 2.19. The lowest BCUT2D eigenvalue weighted by atomic mass is 10.1. The summed E-state index contributed by atoms with van der Waals surface area (Å²) in [5.74, 6) is 0.907. The lowest BCUT2D eigenvalue weighted by Crippen LogP contribution is -2.34. The summed E-state index contributed by atoms with van der Waals surface area (Å²) in [5, 5.41) is 4.13. The van der Waals surface area contributed by atoms with Gasteiger partial charge >= 0.3 is 0 Å². The van der Waals surface area contributed by atoms with Gasteiger partial charge in [-0.2, -0.15) is 11.8 Å². The standard InChI is InChI=1S/C15H23BrFNS/c1-4-7-18-14(10-19-11(2)3)9-12-8-13(16)5-6-15(12)17/h5-6,8,11,14,18H,4,7,9-10H2,1-3H3. The van der Waals surface area contributed by atoms with Crippen LogP contribution < -0.4 is 5.32 Å². The van der Waals surface area contributed by atoms with Crippen molar-refractivity contribution in [2.24, 2.45) is 0 Å². The van der Waals surface area contributed by atoms with E-state index in [4.69, 9.17) is 0 Å². The molecular weight excluding hydrogens is 325 g/mol. The van der Waals surface area contributed by atoms with E-state index in [1.807, 2.05) is 17.8 Å². The van der Waals surface area contributed by atoms with Crippen LogP contribution in [-0.2, 0) is 6.42 Å². The molecule has 1 unspecified atom stereocenters. The van der Waals surface area contributed by atoms with Gasteiger partial charge in [0.05, 0.1) is 0 Å². The Morgan fingerprint density at radius 2 is 2.11 bits per heavy atom. The van der Waals surface area contributed by atoms with E-state index >= 15 is 0 Å². The second kappa shape index (κ2) is 8.98. The van der Waals surface area contributed by atoms with Crippen LogP contribution >= 0.6 is 27.7 Å². The first kappa shape index (κ1) is 17.0. The Balaban J connectivity index is 2.66. The van der Waals surface area contributed by atoms with Crippen molar-refractivity contribution in [1.82, 2.24) is 5.32 Å². The van der Waals surface area contributed by atoms with Crippen LogP contribution in [0.15, 0.2) is 22.7 Å². The maximum atomic E-state index is 13.8. The zero-order valence-electron chi connectivity index (χ0n) is 11.9. The summed E-state index contributed by atoms with van der Waals surface area (Å²) < 4.78 is 14.7. The SMILES string of the molecule is CCCNC(CSC(C)C)Cc1cc(Br)ccc1F. The molecule has 1 rings (SSSR count). The van der Waals surface area contributed by atoms with E-state index in [0.29, 0.717) is 11.3 Å². The molecule has 0 radical (unpaired) electrons. The van der Waals surface area contributed by atoms with Crippen molar-refractivity contribution in [3.63, 3.8) is 0 Å². The quantitative estimate of drug-likeness (QED) is 0.734. The van der Waals surface area contributed by atoms with Crippen LogP contribution in [-0.4, -0.2) is 23.6 Å². The zero-order chi connectivity index (χ0) is 14.3. The number of nitrogens with one attached hydrogen (secondary N) is 1. The van der Waals surface area contributed by atoms with Crippen molar-refractivity contribution in [2.75, 3.05) is 12.3 Å². The maximum absolute atomic E-state index is 13.8. The van der Waals surface area contributed by atoms with E-state index in [2.05, 4.69) is 42.0 Å². The molecule has 0 spiro atoms. The van der Waals surface area contributed by atoms with Crippen molar-refractivity contribution in [3.05, 3.63) is 34.1 Å². The molecule has 0 aliphatic heterocycles. The summed E-state index contributed by atoms with van der Waals surface area (Å²) in [7, 11) is 0. The predicted octanol–water partition coefficient (Wildman–Crippen LogP) is 4.64. The average molecular weight is 348 g/mol. The van der Waals surface area contributed by atoms with Gasteiger partial charge in [0, 0.05) is 16.3 Å². The van der Waals surface area contributed by atoms with Crippen molar-refractivity contribution < 1.29 is 4.39 Å². The van der Waals surface area contributed by atoms with E-state index in [-0.39, 0.29) is 5.82 Å². The Hall–Kier alpha value is -0.0600. The third-order valence-electron chi connectivity index (χ3n) is 2.79. The van der Waals surface area contributed by atoms with Gasteiger partial charge in [-0.25, -0.2) is 4.39 Å². The van der Waals surface area contributed by atoms with Gasteiger partial charge in [-0.3, -0.25) is 0 Å². The molecule has 19 heavy (non-hydrogen) atoms. The second-order valence-electron chi connectivity index (χ2n) is 4.97. The number of hydrogen-bond acceptors (Lipinski definition) is 2. The molecule has 4 heteroatoms. The highest BCUT2D eigenvalue weighted by atomic mass is 79.9. The number of hydrogen-bond donors (Lipinski definition) is 1. The van der Waals surface area contributed by atoms with Gasteiger partial charge < -0.3 is 5.32 Å². The van der Waals surface area contributed by atoms with Crippen LogP contribution in [0.5, 0.6) is 0 Å². The van der Waals surface area contributed by atoms with Crippen molar-refractivity contribution in [1.29, 1.82) is 0 Å². The van der Waals surface area contributed by atoms with Crippen LogP contribution in [0, 0.1) is 5.82 Å². The molecule has 0 fully saturated rings. The van der Waals surface area contributed by atoms with Gasteiger partial charge in [0.1, 0.15) is 5.82 Å². The number of halogens is 2. The molecule has 0 heterocycles. The molecule has 0 bridgehead atoms. The first-order valence-electron chi connectivity index (χ1n) is 6.81. The largest absolute Gasteiger partial charge is 0.313 e. The van der Waals surface area contributed by atoms with Crippen LogP contribution in [0.4, 0.5) is 4.39 Å². The fourth-order valence-electron chi connectivity index (χ4n) is 1.81. The Labute approximate surface area is 128 Å². The highest BCUT2D eigenvalue weighted by Gasteiger charge is 2.13. The van der Waals surface area contributed by atoms with Gasteiger partial charge in [-0.05, 0) is 48.4 Å². The molecule has 0 aromatic heterocycles. The summed E-state index contributed by atoms with van der Waals surface area (Å²) in [6.45, 7) is 7.53. The fourth-order valence-corrected chi connectivity index (χ4v) is 3.07. The maximum Gasteiger partial charge on any atom is 0.126 e. The Bertz CT molecular complexity index is 384. The van der Waals surface area contributed by atoms with E-state index in [0.717, 1.165) is 35.2 Å². The molecule has 1 N–H and O–H groups in total. The normalized spacial score (nSPS) is 12.9. The number of thioether (sulfide) groups is 1. The van der Waals surface area contributed by atoms with Crippen LogP contribution in [0.2, 0.25) is 0 Å². The number of rotatable bonds is 8. The molecule has 1 nitrogen and oxygen atoms in total. The smallest absolute Gasteiger partial charge is 0.126 e. The van der Waals surface area contributed by atoms with Crippen molar-refractivity contribution in [2.45, 2.75) is 44.9 Å². The summed E-state index contributed by atoms with van der Waals surface area (Å²) in [5.41, 5.74) is 0.785. The van der Waals surface area contributed by atoms with Crippen LogP contribution in [0.3, 0.4) is 0 Å². The zero-order valence-corrected chi connectivity index (χ0v) is 14.3. The topological polar surface area (TPSA) is 12.0 Å². The molecule has 0 saturated heterocycles. The van der Waals surface area contributed by atoms with Gasteiger partial charge in [0.15, 0.2) is 0 Å². The minimum atomic E-state index is -0.110. The number of benzene rings is 1. The monoisotopic (exact) mass is 347 g/mol. The molecule has 0 saturated carbocycles. The highest BCUT2D eigenvalue weighted by molar-refractivity contribution is 9.10. The van der Waals surface area contributed by atoms with Crippen molar-refractivity contribution in [3.8, 4) is 0 Å². The van der Waals surface area contributed by atoms with Gasteiger partial charge in [0.25, 0.3) is 0 Å². The molecule has 0 aliphatic carbocycles. The minimum Gasteiger partial charge on any atom is -0.313 e. The third kappa shape index (κ3) is 6.77. The van der Waals surface area contributed by atoms with Gasteiger partial charge in [-0.1, -0.05) is 36.7 Å². The van der Waals surface area contributed by atoms with Gasteiger partial charge in [0.2, 0.25) is 0 Å². The molecule has 1 aromatic rings. The molecule has 0 aliphatic rings. The summed E-state index contributed by atoms with van der Waals surface area (Å²) in [4.78, 5) is 0. The summed E-state index contributed by atoms with van der Waals surface area (Å²) in [6, 6.07) is 5.49. The molecule has 0 amide bonds. The third-order valence-corrected chi connectivity index (χ3v) is 4.54. The second-order valence-corrected chi connectivity index (χ2v) is 7.50. The first-order chi connectivity index (χ1) is 9.02. The van der Waals surface area contributed by atoms with E-state index in [1.54, 1.807) is 6.07 Å². The lowest BCUT2D eigenvalue weighted by molar-refractivity contribution is 0.530. The molecule has 1 aromatic carbocycles. The Kier molecular flexibility index (Phi) is 8.03. The van der Waals surface area contributed by atoms with Gasteiger partial charge in [-0.15, -0.1) is 0 Å². The average Bonchev–Trinajstić information content (AvgIpc) is 2.36. The molecule has 108 valence electrons. The van der Waals surface area contributed by atoms with E-state index in [1.165, 1.54) is 6.07 Å². The molecular formula is C15H23BrFNS. The van der Waals surface area contributed by atoms with Crippen LogP contribution in [0.25, 0.3) is 0 Å².